The van der Waals surface area contributed by atoms with Gasteiger partial charge in [-0.2, -0.15) is 0 Å². The molecule has 1 aromatic heterocycles. The number of nitrogens with zero attached hydrogens (tertiary/aromatic N) is 3. The summed E-state index contributed by atoms with van der Waals surface area (Å²) in [6.45, 7) is 0. The third-order valence-corrected chi connectivity index (χ3v) is 2.48. The molecule has 1 atom stereocenters. The summed E-state index contributed by atoms with van der Waals surface area (Å²) in [4.78, 5) is 16.5. The molecule has 2 N–H and O–H groups in total. The molecule has 0 aliphatic rings. The number of aromatic nitrogens is 1. The number of carbonyl (C=O) groups is 1. The molecule has 17 heavy (non-hydrogen) atoms. The molecule has 1 heterocycles. The number of carboxylic acid groups (broad SMARTS) is 1. The molecule has 0 unspecified atom stereocenters. The van der Waals surface area contributed by atoms with E-state index >= 15 is 0 Å². The van der Waals surface area contributed by atoms with Gasteiger partial charge in [0, 0.05) is 22.5 Å². The van der Waals surface area contributed by atoms with Gasteiger partial charge in [0.15, 0.2) is 0 Å². The van der Waals surface area contributed by atoms with Crippen LogP contribution < -0.4 is 0 Å². The lowest BCUT2D eigenvalue weighted by Gasteiger charge is -2.02. The minimum atomic E-state index is -1.12. The number of nitrogens with one attached hydrogen (secondary N) is 1. The van der Waals surface area contributed by atoms with Crippen molar-refractivity contribution in [1.29, 1.82) is 0 Å². The number of benzene rings is 1. The van der Waals surface area contributed by atoms with Crippen LogP contribution in [-0.2, 0) is 11.2 Å². The lowest BCUT2D eigenvalue weighted by Crippen LogP contribution is -2.19. The van der Waals surface area contributed by atoms with Crippen molar-refractivity contribution in [1.82, 2.24) is 4.98 Å². The molecule has 0 spiro atoms. The number of rotatable bonds is 4. The van der Waals surface area contributed by atoms with Crippen molar-refractivity contribution in [2.24, 2.45) is 5.11 Å². The summed E-state index contributed by atoms with van der Waals surface area (Å²) in [6.07, 6.45) is 0.161. The van der Waals surface area contributed by atoms with E-state index in [-0.39, 0.29) is 6.42 Å². The maximum Gasteiger partial charge on any atom is 0.312 e. The molecule has 0 radical (unpaired) electrons. The Morgan fingerprint density at radius 1 is 1.53 bits per heavy atom. The van der Waals surface area contributed by atoms with Crippen molar-refractivity contribution in [2.75, 3.05) is 0 Å². The second-order valence-electron chi connectivity index (χ2n) is 3.64. The molecule has 0 bridgehead atoms. The van der Waals surface area contributed by atoms with Gasteiger partial charge in [-0.15, -0.1) is 0 Å². The van der Waals surface area contributed by atoms with Crippen LogP contribution in [0.15, 0.2) is 35.4 Å². The van der Waals surface area contributed by atoms with Gasteiger partial charge in [-0.1, -0.05) is 23.3 Å². The highest BCUT2D eigenvalue weighted by molar-refractivity contribution is 5.80. The first-order valence-electron chi connectivity index (χ1n) is 5.04. The summed E-state index contributed by atoms with van der Waals surface area (Å²) in [7, 11) is 0. The van der Waals surface area contributed by atoms with Crippen molar-refractivity contribution in [3.63, 3.8) is 0 Å². The fraction of sp³-hybridized carbons (Fsp3) is 0.182. The fourth-order valence-electron chi connectivity index (χ4n) is 1.69. The van der Waals surface area contributed by atoms with Crippen LogP contribution in [0.4, 0.5) is 0 Å². The number of aromatic amines is 1. The molecule has 6 heteroatoms. The summed E-state index contributed by atoms with van der Waals surface area (Å²) < 4.78 is 0. The average molecular weight is 230 g/mol. The molecule has 0 fully saturated rings. The van der Waals surface area contributed by atoms with E-state index in [9.17, 15) is 4.79 Å². The molecular formula is C11H10N4O2. The number of azide groups is 1. The van der Waals surface area contributed by atoms with Gasteiger partial charge in [0.2, 0.25) is 0 Å². The zero-order valence-corrected chi connectivity index (χ0v) is 8.87. The number of hydrogen-bond acceptors (Lipinski definition) is 2. The van der Waals surface area contributed by atoms with Crippen molar-refractivity contribution >= 4 is 16.9 Å². The van der Waals surface area contributed by atoms with E-state index in [1.165, 1.54) is 0 Å². The molecule has 0 saturated carbocycles. The predicted molar refractivity (Wildman–Crippen MR) is 62.6 cm³/mol. The predicted octanol–water partition coefficient (Wildman–Crippen LogP) is 2.47. The number of H-pyrrole nitrogens is 1. The van der Waals surface area contributed by atoms with Crippen LogP contribution in [0.1, 0.15) is 5.69 Å². The van der Waals surface area contributed by atoms with Crippen LogP contribution in [0.3, 0.4) is 0 Å². The Labute approximate surface area is 96.5 Å². The van der Waals surface area contributed by atoms with E-state index in [1.54, 1.807) is 0 Å². The minimum absolute atomic E-state index is 0.161. The maximum absolute atomic E-state index is 10.8. The highest BCUT2D eigenvalue weighted by Gasteiger charge is 2.16. The Morgan fingerprint density at radius 2 is 2.29 bits per heavy atom. The summed E-state index contributed by atoms with van der Waals surface area (Å²) in [5, 5.41) is 13.1. The molecule has 2 aromatic rings. The molecule has 86 valence electrons. The Hall–Kier alpha value is -2.46. The van der Waals surface area contributed by atoms with Gasteiger partial charge in [-0.3, -0.25) is 4.79 Å². The smallest absolute Gasteiger partial charge is 0.312 e. The van der Waals surface area contributed by atoms with Crippen LogP contribution in [0.2, 0.25) is 0 Å². The molecule has 2 rings (SSSR count). The third kappa shape index (κ3) is 2.38. The highest BCUT2D eigenvalue weighted by Crippen LogP contribution is 2.16. The Balaban J connectivity index is 2.28. The quantitative estimate of drug-likeness (QED) is 0.478. The summed E-state index contributed by atoms with van der Waals surface area (Å²) >= 11 is 0. The molecule has 6 nitrogen and oxygen atoms in total. The summed E-state index contributed by atoms with van der Waals surface area (Å²) in [6, 6.07) is 8.42. The number of hydrogen-bond donors (Lipinski definition) is 2. The summed E-state index contributed by atoms with van der Waals surface area (Å²) in [5.41, 5.74) is 9.97. The van der Waals surface area contributed by atoms with E-state index in [4.69, 9.17) is 10.6 Å². The van der Waals surface area contributed by atoms with E-state index in [0.29, 0.717) is 0 Å². The second-order valence-corrected chi connectivity index (χ2v) is 3.64. The van der Waals surface area contributed by atoms with Gasteiger partial charge < -0.3 is 10.1 Å². The molecule has 0 aliphatic carbocycles. The first-order valence-corrected chi connectivity index (χ1v) is 5.04. The van der Waals surface area contributed by atoms with Crippen LogP contribution in [-0.4, -0.2) is 22.1 Å². The van der Waals surface area contributed by atoms with E-state index in [1.807, 2.05) is 30.3 Å². The second kappa shape index (κ2) is 4.59. The van der Waals surface area contributed by atoms with E-state index < -0.39 is 12.0 Å². The van der Waals surface area contributed by atoms with Gasteiger partial charge in [-0.25, -0.2) is 0 Å². The normalized spacial score (nSPS) is 12.0. The minimum Gasteiger partial charge on any atom is -0.481 e. The maximum atomic E-state index is 10.8. The monoisotopic (exact) mass is 230 g/mol. The van der Waals surface area contributed by atoms with Crippen molar-refractivity contribution in [3.05, 3.63) is 46.5 Å². The molecule has 0 saturated heterocycles. The van der Waals surface area contributed by atoms with Crippen molar-refractivity contribution in [3.8, 4) is 0 Å². The third-order valence-electron chi connectivity index (χ3n) is 2.48. The Kier molecular flexibility index (Phi) is 2.98. The van der Waals surface area contributed by atoms with Crippen LogP contribution in [0.5, 0.6) is 0 Å². The average Bonchev–Trinajstić information content (AvgIpc) is 2.70. The molecular weight excluding hydrogens is 220 g/mol. The van der Waals surface area contributed by atoms with Gasteiger partial charge in [0.25, 0.3) is 0 Å². The van der Waals surface area contributed by atoms with E-state index in [0.717, 1.165) is 16.6 Å². The topological polar surface area (TPSA) is 102 Å². The van der Waals surface area contributed by atoms with Gasteiger partial charge in [0.1, 0.15) is 6.04 Å². The SMILES string of the molecule is [N-]=[N+]=N[C@@H](Cc1cc2ccccc2[nH]1)C(=O)O. The Morgan fingerprint density at radius 3 is 2.94 bits per heavy atom. The van der Waals surface area contributed by atoms with E-state index in [2.05, 4.69) is 15.0 Å². The van der Waals surface area contributed by atoms with Crippen molar-refractivity contribution in [2.45, 2.75) is 12.5 Å². The first kappa shape index (κ1) is 11.0. The molecule has 0 aliphatic heterocycles. The van der Waals surface area contributed by atoms with Gasteiger partial charge >= 0.3 is 5.97 Å². The van der Waals surface area contributed by atoms with Gasteiger partial charge in [0.05, 0.1) is 0 Å². The van der Waals surface area contributed by atoms with Crippen LogP contribution in [0, 0.1) is 0 Å². The lowest BCUT2D eigenvalue weighted by molar-refractivity contribution is -0.138. The zero-order chi connectivity index (χ0) is 12.3. The zero-order valence-electron chi connectivity index (χ0n) is 8.87. The summed E-state index contributed by atoms with van der Waals surface area (Å²) in [5.74, 6) is -1.12. The fourth-order valence-corrected chi connectivity index (χ4v) is 1.69. The van der Waals surface area contributed by atoms with Crippen LogP contribution in [0.25, 0.3) is 21.3 Å². The van der Waals surface area contributed by atoms with Crippen molar-refractivity contribution < 1.29 is 9.90 Å². The molecule has 1 aromatic carbocycles. The largest absolute Gasteiger partial charge is 0.481 e. The lowest BCUT2D eigenvalue weighted by atomic mass is 10.1. The van der Waals surface area contributed by atoms with Gasteiger partial charge in [-0.05, 0) is 23.1 Å². The standard InChI is InChI=1S/C11H10N4O2/c12-15-14-10(11(16)17)6-8-5-7-3-1-2-4-9(7)13-8/h1-5,10,13H,6H2,(H,16,17)/t10-/m0/s1. The number of aliphatic carboxylic acids is 1. The first-order chi connectivity index (χ1) is 8.20. The number of para-hydroxylation sites is 1. The number of fused-ring (bicyclic) bond motifs is 1. The number of carboxylic acids is 1. The molecule has 0 amide bonds. The Bertz CT molecular complexity index is 563. The highest BCUT2D eigenvalue weighted by atomic mass is 16.4. The van der Waals surface area contributed by atoms with Crippen LogP contribution >= 0.6 is 0 Å².